The number of imidazole rings is 4. The van der Waals surface area contributed by atoms with Gasteiger partial charge in [-0.05, 0) is 32.7 Å². The molecule has 0 unspecified atom stereocenters. The van der Waals surface area contributed by atoms with E-state index < -0.39 is 102 Å². The summed E-state index contributed by atoms with van der Waals surface area (Å²) in [6.45, 7) is 1.47. The van der Waals surface area contributed by atoms with Crippen LogP contribution in [0.25, 0.3) is 0 Å². The number of unbranched alkanes of at least 4 members (excludes halogenated alkanes) is 1. The van der Waals surface area contributed by atoms with E-state index in [-0.39, 0.29) is 38.6 Å². The van der Waals surface area contributed by atoms with Crippen molar-refractivity contribution < 1.29 is 48.6 Å². The number of nitrogens with one attached hydrogen (secondary N) is 10. The lowest BCUT2D eigenvalue weighted by Gasteiger charge is -2.28. The summed E-state index contributed by atoms with van der Waals surface area (Å²) in [6.07, 6.45) is 8.90. The highest BCUT2D eigenvalue weighted by Crippen LogP contribution is 2.09. The highest BCUT2D eigenvalue weighted by atomic mass is 16.4. The number of carboxylic acid groups (broad SMARTS) is 1. The number of nitrogens with zero attached hydrogens (tertiary/aromatic N) is 4. The second-order valence-electron chi connectivity index (χ2n) is 15.1. The number of primary amides is 1. The van der Waals surface area contributed by atoms with Crippen LogP contribution in [0.1, 0.15) is 55.4 Å². The van der Waals surface area contributed by atoms with Gasteiger partial charge < -0.3 is 79.3 Å². The zero-order chi connectivity index (χ0) is 47.5. The number of aromatic nitrogens is 8. The molecule has 0 aliphatic carbocycles. The summed E-state index contributed by atoms with van der Waals surface area (Å²) in [5, 5.41) is 35.7. The largest absolute Gasteiger partial charge is 0.480 e. The standard InChI is InChI=1S/C38H55N17O10/c1-19(56)31(55-36(62)28(8-22-13-44-17-48-22)51-32(58)24(40)10-30(41)57)37(63)53-27(7-21-12-43-16-47-21)35(61)52-26(6-20-11-42-15-46-20)34(60)50-25(4-2-3-5-39)33(59)54-29(38(64)65)9-23-14-45-18-49-23/h11-19,24-29,31,56H,2-10,39-40H2,1H3,(H2,41,57)(H,42,46)(H,43,47)(H,44,48)(H,45,49)(H,50,60)(H,51,58)(H,52,61)(H,53,63)(H,54,59)(H,55,62)(H,64,65)/t19-,24+,25+,26+,27+,28+,29+,31+/m1/s1. The van der Waals surface area contributed by atoms with Crippen molar-refractivity contribution in [3.8, 4) is 0 Å². The molecule has 18 N–H and O–H groups in total. The first-order chi connectivity index (χ1) is 31.0. The van der Waals surface area contributed by atoms with E-state index in [1.807, 2.05) is 0 Å². The monoisotopic (exact) mass is 909 g/mol. The van der Waals surface area contributed by atoms with Crippen molar-refractivity contribution in [2.75, 3.05) is 6.54 Å². The summed E-state index contributed by atoms with van der Waals surface area (Å²) in [5.74, 6) is -7.74. The van der Waals surface area contributed by atoms with Crippen molar-refractivity contribution in [1.82, 2.24) is 71.8 Å². The molecule has 0 saturated carbocycles. The number of aliphatic carboxylic acids is 1. The van der Waals surface area contributed by atoms with Crippen molar-refractivity contribution in [1.29, 1.82) is 0 Å². The molecule has 27 heteroatoms. The maximum absolute atomic E-state index is 14.2. The Morgan fingerprint density at radius 1 is 0.569 bits per heavy atom. The van der Waals surface area contributed by atoms with Crippen molar-refractivity contribution >= 4 is 47.3 Å². The molecule has 0 aliphatic heterocycles. The van der Waals surface area contributed by atoms with Gasteiger partial charge in [-0.15, -0.1) is 0 Å². The number of carbonyl (C=O) groups excluding carboxylic acids is 7. The summed E-state index contributed by atoms with van der Waals surface area (Å²) in [6, 6.07) is -10.2. The number of carboxylic acids is 1. The molecule has 4 rings (SSSR count). The van der Waals surface area contributed by atoms with E-state index in [0.717, 1.165) is 0 Å². The Balaban J connectivity index is 1.56. The number of hydrogen-bond donors (Lipinski definition) is 15. The first-order valence-electron chi connectivity index (χ1n) is 20.4. The zero-order valence-corrected chi connectivity index (χ0v) is 35.3. The van der Waals surface area contributed by atoms with Crippen molar-refractivity contribution in [3.63, 3.8) is 0 Å². The Morgan fingerprint density at radius 3 is 1.32 bits per heavy atom. The van der Waals surface area contributed by atoms with Gasteiger partial charge >= 0.3 is 5.97 Å². The van der Waals surface area contributed by atoms with Gasteiger partial charge in [-0.25, -0.2) is 24.7 Å². The summed E-state index contributed by atoms with van der Waals surface area (Å²) in [7, 11) is 0. The van der Waals surface area contributed by atoms with E-state index in [9.17, 15) is 48.6 Å². The minimum Gasteiger partial charge on any atom is -0.480 e. The predicted molar refractivity (Wildman–Crippen MR) is 225 cm³/mol. The van der Waals surface area contributed by atoms with Crippen LogP contribution >= 0.6 is 0 Å². The maximum atomic E-state index is 14.2. The van der Waals surface area contributed by atoms with Gasteiger partial charge in [0, 0.05) is 73.2 Å². The Bertz CT molecular complexity index is 2150. The van der Waals surface area contributed by atoms with Crippen LogP contribution < -0.4 is 49.1 Å². The van der Waals surface area contributed by atoms with Crippen LogP contribution in [0, 0.1) is 0 Å². The molecule has 0 aromatic carbocycles. The summed E-state index contributed by atoms with van der Waals surface area (Å²) < 4.78 is 0. The molecular formula is C38H55N17O10. The molecule has 352 valence electrons. The number of H-pyrrole nitrogens is 4. The zero-order valence-electron chi connectivity index (χ0n) is 35.3. The van der Waals surface area contributed by atoms with E-state index in [1.54, 1.807) is 0 Å². The first kappa shape index (κ1) is 50.1. The molecule has 27 nitrogen and oxygen atoms in total. The van der Waals surface area contributed by atoms with Gasteiger partial charge in [-0.2, -0.15) is 0 Å². The van der Waals surface area contributed by atoms with Crippen molar-refractivity contribution in [2.24, 2.45) is 17.2 Å². The molecule has 8 atom stereocenters. The van der Waals surface area contributed by atoms with Crippen molar-refractivity contribution in [2.45, 2.75) is 107 Å². The molecule has 0 aliphatic rings. The number of rotatable bonds is 28. The van der Waals surface area contributed by atoms with Gasteiger partial charge in [-0.1, -0.05) is 0 Å². The summed E-state index contributed by atoms with van der Waals surface area (Å²) >= 11 is 0. The van der Waals surface area contributed by atoms with Gasteiger partial charge in [0.2, 0.25) is 41.4 Å². The fraction of sp³-hybridized carbons (Fsp3) is 0.474. The van der Waals surface area contributed by atoms with Gasteiger partial charge in [0.15, 0.2) is 0 Å². The quantitative estimate of drug-likeness (QED) is 0.0237. The van der Waals surface area contributed by atoms with Crippen LogP contribution in [0.5, 0.6) is 0 Å². The number of aliphatic hydroxyl groups excluding tert-OH is 1. The lowest BCUT2D eigenvalue weighted by molar-refractivity contribution is -0.142. The number of aromatic amines is 4. The second kappa shape index (κ2) is 24.9. The smallest absolute Gasteiger partial charge is 0.326 e. The number of nitrogens with two attached hydrogens (primary N) is 3. The van der Waals surface area contributed by atoms with Crippen LogP contribution in [-0.2, 0) is 64.0 Å². The highest BCUT2D eigenvalue weighted by Gasteiger charge is 2.36. The average Bonchev–Trinajstić information content (AvgIpc) is 4.11. The van der Waals surface area contributed by atoms with Crippen LogP contribution in [0.4, 0.5) is 0 Å². The molecule has 4 heterocycles. The van der Waals surface area contributed by atoms with E-state index in [2.05, 4.69) is 71.8 Å². The summed E-state index contributed by atoms with van der Waals surface area (Å²) in [5.41, 5.74) is 18.2. The van der Waals surface area contributed by atoms with E-state index >= 15 is 0 Å². The first-order valence-corrected chi connectivity index (χ1v) is 20.4. The topological polar surface area (TPSA) is 442 Å². The fourth-order valence-electron chi connectivity index (χ4n) is 6.38. The number of carbonyl (C=O) groups is 8. The van der Waals surface area contributed by atoms with Gasteiger partial charge in [0.25, 0.3) is 0 Å². The van der Waals surface area contributed by atoms with Gasteiger partial charge in [0.05, 0.1) is 43.9 Å². The minimum absolute atomic E-state index is 0.0491. The third-order valence-electron chi connectivity index (χ3n) is 9.83. The molecular weight excluding hydrogens is 855 g/mol. The van der Waals surface area contributed by atoms with Crippen LogP contribution in [-0.4, -0.2) is 152 Å². The maximum Gasteiger partial charge on any atom is 0.326 e. The van der Waals surface area contributed by atoms with Gasteiger partial charge in [-0.3, -0.25) is 33.6 Å². The molecule has 7 amide bonds. The molecule has 4 aromatic heterocycles. The Kier molecular flexibility index (Phi) is 19.2. The lowest BCUT2D eigenvalue weighted by atomic mass is 10.0. The molecule has 0 fully saturated rings. The van der Waals surface area contributed by atoms with Gasteiger partial charge in [0.1, 0.15) is 36.3 Å². The minimum atomic E-state index is -1.74. The van der Waals surface area contributed by atoms with Crippen molar-refractivity contribution in [3.05, 3.63) is 72.9 Å². The fourth-order valence-corrected chi connectivity index (χ4v) is 6.38. The molecule has 0 saturated heterocycles. The average molecular weight is 910 g/mol. The van der Waals surface area contributed by atoms with E-state index in [4.69, 9.17) is 17.2 Å². The molecule has 4 aromatic rings. The SMILES string of the molecule is C[C@@H](O)[C@H](NC(=O)[C@H](Cc1cnc[nH]1)NC(=O)[C@@H](N)CC(N)=O)C(=O)N[C@@H](Cc1cnc[nH]1)C(=O)N[C@@H](Cc1cnc[nH]1)C(=O)N[C@@H](CCCCN)C(=O)N[C@@H](Cc1cnc[nH]1)C(=O)O. The summed E-state index contributed by atoms with van der Waals surface area (Å²) in [4.78, 5) is 133. The highest BCUT2D eigenvalue weighted by molar-refractivity contribution is 5.97. The third-order valence-corrected chi connectivity index (χ3v) is 9.83. The van der Waals surface area contributed by atoms with Crippen LogP contribution in [0.2, 0.25) is 0 Å². The van der Waals surface area contributed by atoms with Crippen LogP contribution in [0.15, 0.2) is 50.1 Å². The second-order valence-corrected chi connectivity index (χ2v) is 15.1. The van der Waals surface area contributed by atoms with E-state index in [1.165, 1.54) is 57.0 Å². The number of aliphatic hydroxyl groups is 1. The Hall–Kier alpha value is -7.52. The lowest BCUT2D eigenvalue weighted by Crippen LogP contribution is -2.62. The van der Waals surface area contributed by atoms with Crippen LogP contribution in [0.3, 0.4) is 0 Å². The molecule has 65 heavy (non-hydrogen) atoms. The molecule has 0 spiro atoms. The number of amides is 7. The molecule has 0 bridgehead atoms. The van der Waals surface area contributed by atoms with E-state index in [0.29, 0.717) is 35.6 Å². The number of hydrogen-bond acceptors (Lipinski definition) is 15. The Labute approximate surface area is 370 Å². The normalized spacial score (nSPS) is 14.8. The molecule has 0 radical (unpaired) electrons. The third kappa shape index (κ3) is 16.3. The Morgan fingerprint density at radius 2 is 0.938 bits per heavy atom. The predicted octanol–water partition coefficient (Wildman–Crippen LogP) is -5.44.